The highest BCUT2D eigenvalue weighted by Gasteiger charge is 2.29. The van der Waals surface area contributed by atoms with Crippen LogP contribution < -0.4 is 5.32 Å². The van der Waals surface area contributed by atoms with Crippen LogP contribution in [0.3, 0.4) is 0 Å². The molecule has 0 bridgehead atoms. The van der Waals surface area contributed by atoms with Crippen LogP contribution >= 0.6 is 0 Å². The van der Waals surface area contributed by atoms with E-state index in [9.17, 15) is 4.79 Å². The Kier molecular flexibility index (Phi) is 4.97. The first-order chi connectivity index (χ1) is 13.1. The van der Waals surface area contributed by atoms with Crippen LogP contribution in [0.1, 0.15) is 23.8 Å². The van der Waals surface area contributed by atoms with E-state index in [1.54, 1.807) is 0 Å². The van der Waals surface area contributed by atoms with Gasteiger partial charge in [-0.1, -0.05) is 49.4 Å². The van der Waals surface area contributed by atoms with Gasteiger partial charge < -0.3 is 10.3 Å². The van der Waals surface area contributed by atoms with Crippen molar-refractivity contribution in [3.05, 3.63) is 60.3 Å². The molecule has 27 heavy (non-hydrogen) atoms. The largest absolute Gasteiger partial charge is 0.351 e. The molecule has 5 nitrogen and oxygen atoms in total. The third-order valence-corrected chi connectivity index (χ3v) is 5.13. The zero-order chi connectivity index (χ0) is 18.8. The molecular weight excluding hydrogens is 336 g/mol. The van der Waals surface area contributed by atoms with E-state index in [0.29, 0.717) is 5.69 Å². The second-order valence-electron chi connectivity index (χ2n) is 7.33. The zero-order valence-electron chi connectivity index (χ0n) is 15.9. The number of aromatic amines is 1. The summed E-state index contributed by atoms with van der Waals surface area (Å²) in [5, 5.41) is 4.23. The monoisotopic (exact) mass is 362 g/mol. The van der Waals surface area contributed by atoms with Crippen LogP contribution in [0.15, 0.2) is 54.6 Å². The number of likely N-dealkylation sites (N-methyl/N-ethyl adjacent to an activating group) is 1. The molecule has 0 unspecified atom stereocenters. The van der Waals surface area contributed by atoms with Crippen LogP contribution in [0.2, 0.25) is 0 Å². The van der Waals surface area contributed by atoms with Gasteiger partial charge in [-0.3, -0.25) is 14.6 Å². The van der Waals surface area contributed by atoms with Gasteiger partial charge in [-0.2, -0.15) is 0 Å². The van der Waals surface area contributed by atoms with Crippen molar-refractivity contribution < 1.29 is 4.79 Å². The summed E-state index contributed by atoms with van der Waals surface area (Å²) in [7, 11) is 2.09. The zero-order valence-corrected chi connectivity index (χ0v) is 15.9. The maximum Gasteiger partial charge on any atom is 0.268 e. The topological polar surface area (TPSA) is 51.4 Å². The number of amides is 1. The Labute approximate surface area is 160 Å². The van der Waals surface area contributed by atoms with Gasteiger partial charge in [0.1, 0.15) is 5.69 Å². The number of rotatable bonds is 5. The van der Waals surface area contributed by atoms with Gasteiger partial charge in [0.05, 0.1) is 12.8 Å². The molecule has 3 aromatic rings. The Hall–Kier alpha value is -2.63. The molecule has 0 saturated carbocycles. The number of fused-ring (bicyclic) bond motifs is 1. The second kappa shape index (κ2) is 7.55. The summed E-state index contributed by atoms with van der Waals surface area (Å²) in [5.74, 6) is -0.0473. The van der Waals surface area contributed by atoms with Crippen molar-refractivity contribution in [3.63, 3.8) is 0 Å². The lowest BCUT2D eigenvalue weighted by molar-refractivity contribution is 0.0888. The summed E-state index contributed by atoms with van der Waals surface area (Å²) in [6.07, 6.45) is 1.14. The average Bonchev–Trinajstić information content (AvgIpc) is 3.25. The Balaban J connectivity index is 1.54. The summed E-state index contributed by atoms with van der Waals surface area (Å²) in [4.78, 5) is 20.6. The lowest BCUT2D eigenvalue weighted by Crippen LogP contribution is -2.46. The lowest BCUT2D eigenvalue weighted by atomic mass is 10.0. The van der Waals surface area contributed by atoms with Gasteiger partial charge >= 0.3 is 0 Å². The minimum absolute atomic E-state index is 0.0473. The quantitative estimate of drug-likeness (QED) is 0.730. The maximum absolute atomic E-state index is 12.8. The van der Waals surface area contributed by atoms with Gasteiger partial charge in [0.25, 0.3) is 5.91 Å². The fourth-order valence-corrected chi connectivity index (χ4v) is 3.82. The first-order valence-electron chi connectivity index (χ1n) is 9.55. The van der Waals surface area contributed by atoms with Crippen molar-refractivity contribution in [1.82, 2.24) is 20.1 Å². The minimum Gasteiger partial charge on any atom is -0.351 e. The van der Waals surface area contributed by atoms with E-state index in [1.165, 1.54) is 5.56 Å². The number of hydrogen-bond donors (Lipinski definition) is 2. The summed E-state index contributed by atoms with van der Waals surface area (Å²) < 4.78 is 0. The number of carbonyl (C=O) groups excluding carboxylic acids is 1. The molecule has 140 valence electrons. The fourth-order valence-electron chi connectivity index (χ4n) is 3.82. The summed E-state index contributed by atoms with van der Waals surface area (Å²) in [5.41, 5.74) is 3.91. The number of hydrogen-bond acceptors (Lipinski definition) is 3. The summed E-state index contributed by atoms with van der Waals surface area (Å²) in [6, 6.07) is 18.5. The highest BCUT2D eigenvalue weighted by atomic mass is 16.2. The predicted molar refractivity (Wildman–Crippen MR) is 109 cm³/mol. The van der Waals surface area contributed by atoms with Crippen LogP contribution in [0, 0.1) is 0 Å². The summed E-state index contributed by atoms with van der Waals surface area (Å²) in [6.45, 7) is 4.90. The second-order valence-corrected chi connectivity index (χ2v) is 7.33. The first kappa shape index (κ1) is 17.8. The van der Waals surface area contributed by atoms with Crippen molar-refractivity contribution in [2.45, 2.75) is 19.5 Å². The van der Waals surface area contributed by atoms with Crippen LogP contribution in [0.5, 0.6) is 0 Å². The Morgan fingerprint density at radius 1 is 1.15 bits per heavy atom. The molecule has 1 aromatic heterocycles. The molecule has 1 aliphatic heterocycles. The van der Waals surface area contributed by atoms with Gasteiger partial charge in [0, 0.05) is 24.0 Å². The molecule has 4 rings (SSSR count). The van der Waals surface area contributed by atoms with Gasteiger partial charge in [-0.05, 0) is 36.7 Å². The fraction of sp³-hybridized carbons (Fsp3) is 0.318. The number of aromatic nitrogens is 1. The number of carbonyl (C=O) groups is 1. The lowest BCUT2D eigenvalue weighted by Gasteiger charge is -2.23. The van der Waals surface area contributed by atoms with Gasteiger partial charge in [0.15, 0.2) is 0 Å². The van der Waals surface area contributed by atoms with Gasteiger partial charge in [-0.25, -0.2) is 0 Å². The van der Waals surface area contributed by atoms with Crippen LogP contribution in [-0.2, 0) is 0 Å². The molecule has 1 amide bonds. The molecule has 1 fully saturated rings. The number of nitrogens with one attached hydrogen (secondary N) is 2. The third-order valence-electron chi connectivity index (χ3n) is 5.13. The molecule has 1 aliphatic rings. The van der Waals surface area contributed by atoms with E-state index >= 15 is 0 Å². The molecular formula is C22H26N4O. The molecule has 1 saturated heterocycles. The number of nitrogens with zero attached hydrogens (tertiary/aromatic N) is 2. The van der Waals surface area contributed by atoms with Crippen LogP contribution in [0.25, 0.3) is 22.0 Å². The molecule has 0 spiro atoms. The Morgan fingerprint density at radius 2 is 1.96 bits per heavy atom. The molecule has 2 heterocycles. The van der Waals surface area contributed by atoms with Crippen molar-refractivity contribution in [1.29, 1.82) is 0 Å². The molecule has 2 aromatic carbocycles. The normalized spacial score (nSPS) is 18.2. The maximum atomic E-state index is 12.8. The molecule has 0 radical (unpaired) electrons. The van der Waals surface area contributed by atoms with E-state index in [-0.39, 0.29) is 12.1 Å². The predicted octanol–water partition coefficient (Wildman–Crippen LogP) is 3.51. The molecule has 1 atom stereocenters. The standard InChI is InChI=1S/C22H26N4O/c1-3-11-26-15-25(2)14-21(26)24-22(27)20-13-18-10-9-17(12-19(18)23-20)16-7-5-4-6-8-16/h4-10,12-13,21,23H,3,11,14-15H2,1-2H3,(H,24,27)/t21-/m0/s1. The van der Waals surface area contributed by atoms with E-state index in [0.717, 1.165) is 42.6 Å². The first-order valence-corrected chi connectivity index (χ1v) is 9.55. The van der Waals surface area contributed by atoms with E-state index in [4.69, 9.17) is 0 Å². The average molecular weight is 362 g/mol. The van der Waals surface area contributed by atoms with Crippen molar-refractivity contribution in [2.75, 3.05) is 26.8 Å². The third kappa shape index (κ3) is 3.75. The minimum atomic E-state index is -0.0473. The molecule has 5 heteroatoms. The summed E-state index contributed by atoms with van der Waals surface area (Å²) >= 11 is 0. The van der Waals surface area contributed by atoms with E-state index in [2.05, 4.69) is 64.4 Å². The van der Waals surface area contributed by atoms with E-state index in [1.807, 2.05) is 24.3 Å². The van der Waals surface area contributed by atoms with Crippen LogP contribution in [-0.4, -0.2) is 53.7 Å². The molecule has 2 N–H and O–H groups in total. The Morgan fingerprint density at radius 3 is 2.74 bits per heavy atom. The Bertz CT molecular complexity index is 934. The smallest absolute Gasteiger partial charge is 0.268 e. The highest BCUT2D eigenvalue weighted by molar-refractivity contribution is 5.99. The number of benzene rings is 2. The highest BCUT2D eigenvalue weighted by Crippen LogP contribution is 2.24. The number of H-pyrrole nitrogens is 1. The van der Waals surface area contributed by atoms with Crippen molar-refractivity contribution in [2.24, 2.45) is 0 Å². The molecule has 0 aliphatic carbocycles. The van der Waals surface area contributed by atoms with Crippen molar-refractivity contribution >= 4 is 16.8 Å². The van der Waals surface area contributed by atoms with Gasteiger partial charge in [-0.15, -0.1) is 0 Å². The van der Waals surface area contributed by atoms with Gasteiger partial charge in [0.2, 0.25) is 0 Å². The van der Waals surface area contributed by atoms with Crippen LogP contribution in [0.4, 0.5) is 0 Å². The van der Waals surface area contributed by atoms with Crippen molar-refractivity contribution in [3.8, 4) is 11.1 Å². The van der Waals surface area contributed by atoms with E-state index < -0.39 is 0 Å². The SMILES string of the molecule is CCCN1CN(C)C[C@H]1NC(=O)c1cc2ccc(-c3ccccc3)cc2[nH]1.